The van der Waals surface area contributed by atoms with Gasteiger partial charge in [-0.2, -0.15) is 0 Å². The molecule has 92 valence electrons. The van der Waals surface area contributed by atoms with Crippen LogP contribution >= 0.6 is 0 Å². The lowest BCUT2D eigenvalue weighted by Gasteiger charge is -2.23. The van der Waals surface area contributed by atoms with Gasteiger partial charge in [0.1, 0.15) is 6.04 Å². The van der Waals surface area contributed by atoms with Crippen LogP contribution < -0.4 is 5.73 Å². The third-order valence-electron chi connectivity index (χ3n) is 1.92. The van der Waals surface area contributed by atoms with Crippen molar-refractivity contribution in [2.45, 2.75) is 32.7 Å². The second kappa shape index (κ2) is 6.65. The average Bonchev–Trinajstić information content (AvgIpc) is 2.17. The summed E-state index contributed by atoms with van der Waals surface area (Å²) in [5.74, 6) is -1.89. The van der Waals surface area contributed by atoms with Crippen molar-refractivity contribution in [1.29, 1.82) is 5.41 Å². The van der Waals surface area contributed by atoms with Gasteiger partial charge >= 0.3 is 12.1 Å². The molecule has 0 aromatic heterocycles. The maximum atomic E-state index is 11.4. The van der Waals surface area contributed by atoms with Crippen LogP contribution in [0.2, 0.25) is 0 Å². The van der Waals surface area contributed by atoms with Gasteiger partial charge in [0.25, 0.3) is 0 Å². The first-order valence-electron chi connectivity index (χ1n) is 4.94. The summed E-state index contributed by atoms with van der Waals surface area (Å²) in [6.45, 7) is 3.37. The van der Waals surface area contributed by atoms with E-state index in [9.17, 15) is 9.59 Å². The summed E-state index contributed by atoms with van der Waals surface area (Å²) in [5, 5.41) is 15.8. The lowest BCUT2D eigenvalue weighted by atomic mass is 10.3. The highest BCUT2D eigenvalue weighted by Gasteiger charge is 2.29. The molecule has 0 radical (unpaired) electrons. The quantitative estimate of drug-likeness (QED) is 0.363. The number of amides is 1. The van der Waals surface area contributed by atoms with Gasteiger partial charge in [0.2, 0.25) is 0 Å². The van der Waals surface area contributed by atoms with Gasteiger partial charge in [-0.25, -0.2) is 14.5 Å². The smallest absolute Gasteiger partial charge is 0.417 e. The van der Waals surface area contributed by atoms with E-state index in [0.717, 1.165) is 6.42 Å². The Morgan fingerprint density at radius 1 is 1.56 bits per heavy atom. The second-order valence-corrected chi connectivity index (χ2v) is 3.24. The number of carbonyl (C=O) groups excluding carboxylic acids is 1. The maximum Gasteiger partial charge on any atom is 0.417 e. The minimum Gasteiger partial charge on any atom is -0.480 e. The fourth-order valence-electron chi connectivity index (χ4n) is 0.949. The van der Waals surface area contributed by atoms with Crippen LogP contribution in [0.3, 0.4) is 0 Å². The van der Waals surface area contributed by atoms with E-state index >= 15 is 0 Å². The highest BCUT2D eigenvalue weighted by Crippen LogP contribution is 2.03. The topological polar surface area (TPSA) is 117 Å². The van der Waals surface area contributed by atoms with Gasteiger partial charge in [0, 0.05) is 0 Å². The van der Waals surface area contributed by atoms with Crippen LogP contribution in [0.4, 0.5) is 4.79 Å². The summed E-state index contributed by atoms with van der Waals surface area (Å²) in [5.41, 5.74) is 5.13. The van der Waals surface area contributed by atoms with Crippen LogP contribution in [0.5, 0.6) is 0 Å². The molecule has 0 aliphatic rings. The molecule has 0 rings (SSSR count). The standard InChI is InChI=1S/C9H17N3O4/c1-3-4-5-16-9(15)12(8(10)11)6(2)7(13)14/h6H,3-5H2,1-2H3,(H3,10,11)(H,13,14). The van der Waals surface area contributed by atoms with E-state index in [2.05, 4.69) is 0 Å². The first kappa shape index (κ1) is 14.2. The third kappa shape index (κ3) is 4.16. The number of hydrogen-bond acceptors (Lipinski definition) is 4. The summed E-state index contributed by atoms with van der Waals surface area (Å²) in [6, 6.07) is -1.22. The number of nitrogens with two attached hydrogens (primary N) is 1. The molecule has 0 aliphatic heterocycles. The van der Waals surface area contributed by atoms with Crippen molar-refractivity contribution in [3.63, 3.8) is 0 Å². The van der Waals surface area contributed by atoms with Gasteiger partial charge in [0.05, 0.1) is 6.61 Å². The lowest BCUT2D eigenvalue weighted by Crippen LogP contribution is -2.50. The number of ether oxygens (including phenoxy) is 1. The number of aliphatic carboxylic acids is 1. The Labute approximate surface area is 93.7 Å². The van der Waals surface area contributed by atoms with Crippen LogP contribution in [-0.2, 0) is 9.53 Å². The molecule has 1 atom stereocenters. The highest BCUT2D eigenvalue weighted by atomic mass is 16.6. The monoisotopic (exact) mass is 231 g/mol. The third-order valence-corrected chi connectivity index (χ3v) is 1.92. The number of rotatable bonds is 5. The Bertz CT molecular complexity index is 280. The van der Waals surface area contributed by atoms with Gasteiger partial charge in [-0.1, -0.05) is 13.3 Å². The zero-order chi connectivity index (χ0) is 12.7. The number of guanidine groups is 1. The molecule has 0 fully saturated rings. The molecule has 16 heavy (non-hydrogen) atoms. The molecule has 0 bridgehead atoms. The number of nitrogens with zero attached hydrogens (tertiary/aromatic N) is 1. The summed E-state index contributed by atoms with van der Waals surface area (Å²) >= 11 is 0. The van der Waals surface area contributed by atoms with Crippen LogP contribution in [-0.4, -0.2) is 40.7 Å². The molecular formula is C9H17N3O4. The summed E-state index contributed by atoms with van der Waals surface area (Å²) in [4.78, 5) is 22.7. The maximum absolute atomic E-state index is 11.4. The Balaban J connectivity index is 4.48. The van der Waals surface area contributed by atoms with Gasteiger partial charge < -0.3 is 15.6 Å². The van der Waals surface area contributed by atoms with Crippen LogP contribution in [0.25, 0.3) is 0 Å². The van der Waals surface area contributed by atoms with Crippen LogP contribution in [0.15, 0.2) is 0 Å². The number of nitrogens with one attached hydrogen (secondary N) is 1. The molecule has 1 unspecified atom stereocenters. The molecule has 0 aromatic rings. The Morgan fingerprint density at radius 3 is 2.50 bits per heavy atom. The van der Waals surface area contributed by atoms with E-state index in [4.69, 9.17) is 21.0 Å². The first-order valence-corrected chi connectivity index (χ1v) is 4.94. The molecule has 0 aliphatic carbocycles. The molecule has 0 spiro atoms. The van der Waals surface area contributed by atoms with E-state index in [-0.39, 0.29) is 6.61 Å². The Kier molecular flexibility index (Phi) is 5.91. The summed E-state index contributed by atoms with van der Waals surface area (Å²) in [7, 11) is 0. The van der Waals surface area contributed by atoms with Crippen LogP contribution in [0, 0.1) is 5.41 Å². The van der Waals surface area contributed by atoms with Crippen molar-refractivity contribution >= 4 is 18.0 Å². The van der Waals surface area contributed by atoms with Crippen molar-refractivity contribution in [3.8, 4) is 0 Å². The van der Waals surface area contributed by atoms with Crippen molar-refractivity contribution in [2.24, 2.45) is 5.73 Å². The molecule has 1 amide bonds. The molecule has 4 N–H and O–H groups in total. The minimum atomic E-state index is -1.25. The Morgan fingerprint density at radius 2 is 2.12 bits per heavy atom. The zero-order valence-electron chi connectivity index (χ0n) is 9.40. The predicted molar refractivity (Wildman–Crippen MR) is 57.1 cm³/mol. The lowest BCUT2D eigenvalue weighted by molar-refractivity contribution is -0.140. The number of carbonyl (C=O) groups is 2. The molecule has 7 heteroatoms. The summed E-state index contributed by atoms with van der Waals surface area (Å²) < 4.78 is 4.78. The van der Waals surface area contributed by atoms with E-state index in [0.29, 0.717) is 11.3 Å². The molecule has 0 saturated carbocycles. The highest BCUT2D eigenvalue weighted by molar-refractivity contribution is 5.95. The minimum absolute atomic E-state index is 0.186. The number of carboxylic acid groups (broad SMARTS) is 1. The number of carboxylic acids is 1. The van der Waals surface area contributed by atoms with E-state index in [1.54, 1.807) is 0 Å². The second-order valence-electron chi connectivity index (χ2n) is 3.24. The van der Waals surface area contributed by atoms with Crippen molar-refractivity contribution < 1.29 is 19.4 Å². The molecule has 0 heterocycles. The average molecular weight is 231 g/mol. The van der Waals surface area contributed by atoms with Crippen molar-refractivity contribution in [1.82, 2.24) is 4.90 Å². The van der Waals surface area contributed by atoms with E-state index in [1.165, 1.54) is 6.92 Å². The van der Waals surface area contributed by atoms with Gasteiger partial charge in [-0.3, -0.25) is 5.41 Å². The van der Waals surface area contributed by atoms with Crippen molar-refractivity contribution in [2.75, 3.05) is 6.61 Å². The molecule has 0 saturated heterocycles. The summed E-state index contributed by atoms with van der Waals surface area (Å²) in [6.07, 6.45) is 0.622. The normalized spacial score (nSPS) is 11.6. The molecule has 0 aromatic carbocycles. The van der Waals surface area contributed by atoms with Gasteiger partial charge in [-0.15, -0.1) is 0 Å². The fraction of sp³-hybridized carbons (Fsp3) is 0.667. The SMILES string of the molecule is CCCCOC(=O)N(C(=N)N)C(C)C(=O)O. The van der Waals surface area contributed by atoms with Crippen LogP contribution in [0.1, 0.15) is 26.7 Å². The zero-order valence-corrected chi connectivity index (χ0v) is 9.40. The molecular weight excluding hydrogens is 214 g/mol. The number of hydrogen-bond donors (Lipinski definition) is 3. The van der Waals surface area contributed by atoms with Crippen molar-refractivity contribution in [3.05, 3.63) is 0 Å². The fourth-order valence-corrected chi connectivity index (χ4v) is 0.949. The Hall–Kier alpha value is -1.79. The van der Waals surface area contributed by atoms with E-state index in [1.807, 2.05) is 6.92 Å². The largest absolute Gasteiger partial charge is 0.480 e. The van der Waals surface area contributed by atoms with E-state index < -0.39 is 24.1 Å². The number of unbranched alkanes of at least 4 members (excludes halogenated alkanes) is 1. The first-order chi connectivity index (χ1) is 7.41. The molecule has 7 nitrogen and oxygen atoms in total. The van der Waals surface area contributed by atoms with Gasteiger partial charge in [0.15, 0.2) is 5.96 Å². The van der Waals surface area contributed by atoms with Gasteiger partial charge in [-0.05, 0) is 13.3 Å². The predicted octanol–water partition coefficient (Wildman–Crippen LogP) is 0.592.